The molecule has 0 N–H and O–H groups in total. The van der Waals surface area contributed by atoms with Crippen LogP contribution in [0.1, 0.15) is 23.7 Å². The molecule has 154 valence electrons. The number of carbonyl (C=O) groups is 1. The van der Waals surface area contributed by atoms with Crippen molar-refractivity contribution in [3.63, 3.8) is 0 Å². The highest BCUT2D eigenvalue weighted by atomic mass is 28.4. The van der Waals surface area contributed by atoms with E-state index in [2.05, 4.69) is 58.9 Å². The van der Waals surface area contributed by atoms with E-state index in [-0.39, 0.29) is 5.97 Å². The van der Waals surface area contributed by atoms with E-state index >= 15 is 0 Å². The van der Waals surface area contributed by atoms with Gasteiger partial charge in [-0.2, -0.15) is 0 Å². The normalized spacial score (nSPS) is 12.5. The van der Waals surface area contributed by atoms with Crippen molar-refractivity contribution in [2.45, 2.75) is 72.3 Å². The minimum Gasteiger partial charge on any atom is -0.542 e. The summed E-state index contributed by atoms with van der Waals surface area (Å²) in [4.78, 5) is 12.5. The second kappa shape index (κ2) is 8.83. The Hall–Kier alpha value is -1.26. The maximum Gasteiger partial charge on any atom is 0.338 e. The molecule has 5 nitrogen and oxygen atoms in total. The molecule has 0 radical (unpaired) electrons. The first-order chi connectivity index (χ1) is 12.1. The van der Waals surface area contributed by atoms with E-state index in [0.29, 0.717) is 29.4 Å². The van der Waals surface area contributed by atoms with Gasteiger partial charge in [0.15, 0.2) is 5.75 Å². The number of carbonyl (C=O) groups excluding carboxylic acids is 1. The van der Waals surface area contributed by atoms with Crippen molar-refractivity contribution in [2.24, 2.45) is 0 Å². The molecule has 0 atom stereocenters. The van der Waals surface area contributed by atoms with Gasteiger partial charge in [-0.05, 0) is 77.5 Å². The monoisotopic (exact) mass is 428 g/mol. The minimum atomic E-state index is -1.93. The summed E-state index contributed by atoms with van der Waals surface area (Å²) in [6, 6.07) is 3.48. The zero-order valence-electron chi connectivity index (χ0n) is 18.6. The van der Waals surface area contributed by atoms with Crippen molar-refractivity contribution in [1.82, 2.24) is 0 Å². The van der Waals surface area contributed by atoms with Gasteiger partial charge in [0.05, 0.1) is 12.2 Å². The average molecular weight is 429 g/mol. The van der Waals surface area contributed by atoms with Crippen molar-refractivity contribution in [3.05, 3.63) is 17.7 Å². The van der Waals surface area contributed by atoms with Crippen LogP contribution in [0.5, 0.6) is 17.2 Å². The van der Waals surface area contributed by atoms with E-state index in [9.17, 15) is 4.79 Å². The second-order valence-electron chi connectivity index (χ2n) is 9.58. The van der Waals surface area contributed by atoms with Crippen LogP contribution in [-0.4, -0.2) is 37.5 Å². The fourth-order valence-electron chi connectivity index (χ4n) is 2.19. The van der Waals surface area contributed by atoms with Crippen LogP contribution in [0.15, 0.2) is 12.1 Å². The van der Waals surface area contributed by atoms with Crippen LogP contribution < -0.4 is 13.3 Å². The van der Waals surface area contributed by atoms with Crippen molar-refractivity contribution >= 4 is 30.9 Å². The number of ether oxygens (including phenoxy) is 1. The van der Waals surface area contributed by atoms with E-state index < -0.39 is 25.0 Å². The molecule has 8 heteroatoms. The Morgan fingerprint density at radius 1 is 0.778 bits per heavy atom. The predicted molar refractivity (Wildman–Crippen MR) is 119 cm³/mol. The maximum absolute atomic E-state index is 12.5. The van der Waals surface area contributed by atoms with Crippen LogP contribution in [0.3, 0.4) is 0 Å². The topological polar surface area (TPSA) is 54.0 Å². The van der Waals surface area contributed by atoms with Crippen LogP contribution >= 0.6 is 0 Å². The molecule has 0 saturated heterocycles. The first-order valence-electron chi connectivity index (χ1n) is 9.53. The third kappa shape index (κ3) is 8.98. The fourth-order valence-corrected chi connectivity index (χ4v) is 4.63. The zero-order valence-corrected chi connectivity index (χ0v) is 21.6. The third-order valence-corrected chi connectivity index (χ3v) is 5.42. The Bertz CT molecular complexity index is 618. The molecule has 0 aliphatic carbocycles. The van der Waals surface area contributed by atoms with Crippen molar-refractivity contribution in [3.8, 4) is 17.2 Å². The lowest BCUT2D eigenvalue weighted by Gasteiger charge is -2.30. The molecule has 0 bridgehead atoms. The van der Waals surface area contributed by atoms with Gasteiger partial charge in [-0.3, -0.25) is 0 Å². The van der Waals surface area contributed by atoms with E-state index in [1.165, 1.54) is 0 Å². The Balaban J connectivity index is 3.55. The Kier molecular flexibility index (Phi) is 7.78. The van der Waals surface area contributed by atoms with Gasteiger partial charge in [-0.25, -0.2) is 4.79 Å². The zero-order chi connectivity index (χ0) is 21.0. The van der Waals surface area contributed by atoms with Gasteiger partial charge in [-0.1, -0.05) is 6.92 Å². The molecule has 0 aliphatic rings. The third-order valence-electron chi connectivity index (χ3n) is 2.93. The van der Waals surface area contributed by atoms with E-state index in [1.54, 1.807) is 12.1 Å². The SMILES string of the molecule is CCCOC(=O)c1cc(O[Si](C)(C)C)c(O[Si](C)(C)C)c(O[Si](C)(C)C)c1. The van der Waals surface area contributed by atoms with Gasteiger partial charge in [0.25, 0.3) is 0 Å². The van der Waals surface area contributed by atoms with Gasteiger partial charge in [0, 0.05) is 0 Å². The van der Waals surface area contributed by atoms with Crippen LogP contribution in [0.25, 0.3) is 0 Å². The Morgan fingerprint density at radius 3 is 1.52 bits per heavy atom. The molecule has 27 heavy (non-hydrogen) atoms. The van der Waals surface area contributed by atoms with Crippen LogP contribution in [0, 0.1) is 0 Å². The highest BCUT2D eigenvalue weighted by molar-refractivity contribution is 6.71. The number of hydrogen-bond donors (Lipinski definition) is 0. The van der Waals surface area contributed by atoms with Crippen LogP contribution in [-0.2, 0) is 4.74 Å². The summed E-state index contributed by atoms with van der Waals surface area (Å²) in [6.45, 7) is 21.3. The summed E-state index contributed by atoms with van der Waals surface area (Å²) in [5, 5.41) is 0. The highest BCUT2D eigenvalue weighted by Gasteiger charge is 2.29. The molecule has 0 fully saturated rings. The number of hydrogen-bond acceptors (Lipinski definition) is 5. The molecule has 0 saturated carbocycles. The second-order valence-corrected chi connectivity index (χ2v) is 22.9. The van der Waals surface area contributed by atoms with Crippen LogP contribution in [0.2, 0.25) is 58.9 Å². The summed E-state index contributed by atoms with van der Waals surface area (Å²) in [5.74, 6) is 1.41. The minimum absolute atomic E-state index is 0.364. The molecule has 0 aromatic heterocycles. The lowest BCUT2D eigenvalue weighted by molar-refractivity contribution is 0.0504. The molecule has 1 aromatic rings. The standard InChI is InChI=1S/C19H36O5Si3/c1-11-12-21-19(20)15-13-16(22-25(2,3)4)18(24-27(8,9)10)17(14-15)23-26(5,6)7/h13-14H,11-12H2,1-10H3. The van der Waals surface area contributed by atoms with Gasteiger partial charge in [-0.15, -0.1) is 0 Å². The first-order valence-corrected chi connectivity index (χ1v) is 19.8. The summed E-state index contributed by atoms with van der Waals surface area (Å²) in [5.41, 5.74) is 0.438. The fraction of sp³-hybridized carbons (Fsp3) is 0.632. The van der Waals surface area contributed by atoms with E-state index in [0.717, 1.165) is 6.42 Å². The number of rotatable bonds is 9. The summed E-state index contributed by atoms with van der Waals surface area (Å²) >= 11 is 0. The van der Waals surface area contributed by atoms with Gasteiger partial charge >= 0.3 is 5.97 Å². The van der Waals surface area contributed by atoms with Gasteiger partial charge in [0.2, 0.25) is 25.0 Å². The maximum atomic E-state index is 12.5. The first kappa shape index (κ1) is 23.8. The smallest absolute Gasteiger partial charge is 0.338 e. The average Bonchev–Trinajstić information content (AvgIpc) is 2.43. The quantitative estimate of drug-likeness (QED) is 0.362. The number of benzene rings is 1. The summed E-state index contributed by atoms with van der Waals surface area (Å²) in [7, 11) is -5.78. The molecular weight excluding hydrogens is 392 g/mol. The lowest BCUT2D eigenvalue weighted by atomic mass is 10.2. The van der Waals surface area contributed by atoms with Crippen molar-refractivity contribution in [2.75, 3.05) is 6.61 Å². The summed E-state index contributed by atoms with van der Waals surface area (Å²) < 4.78 is 24.3. The molecule has 0 unspecified atom stereocenters. The highest BCUT2D eigenvalue weighted by Crippen LogP contribution is 2.42. The Labute approximate surface area is 167 Å². The predicted octanol–water partition coefficient (Wildman–Crippen LogP) is 5.89. The lowest BCUT2D eigenvalue weighted by Crippen LogP contribution is -2.34. The largest absolute Gasteiger partial charge is 0.542 e. The van der Waals surface area contributed by atoms with Gasteiger partial charge in [0.1, 0.15) is 11.5 Å². The molecule has 0 aliphatic heterocycles. The molecule has 0 heterocycles. The molecular formula is C19H36O5Si3. The Morgan fingerprint density at radius 2 is 1.19 bits per heavy atom. The van der Waals surface area contributed by atoms with Crippen LogP contribution in [0.4, 0.5) is 0 Å². The molecule has 0 amide bonds. The van der Waals surface area contributed by atoms with E-state index in [1.807, 2.05) is 6.92 Å². The molecule has 0 spiro atoms. The number of esters is 1. The summed E-state index contributed by atoms with van der Waals surface area (Å²) in [6.07, 6.45) is 0.777. The van der Waals surface area contributed by atoms with Crippen molar-refractivity contribution in [1.29, 1.82) is 0 Å². The van der Waals surface area contributed by atoms with E-state index in [4.69, 9.17) is 18.0 Å². The molecule has 1 rings (SSSR count). The van der Waals surface area contributed by atoms with Gasteiger partial charge < -0.3 is 18.0 Å². The molecule has 1 aromatic carbocycles. The van der Waals surface area contributed by atoms with Crippen molar-refractivity contribution < 1.29 is 22.8 Å².